The van der Waals surface area contributed by atoms with E-state index in [1.54, 1.807) is 0 Å². The van der Waals surface area contributed by atoms with Crippen LogP contribution in [0, 0.1) is 0 Å². The van der Waals surface area contributed by atoms with Gasteiger partial charge in [0.15, 0.2) is 5.82 Å². The van der Waals surface area contributed by atoms with Crippen LogP contribution in [-0.4, -0.2) is 35.0 Å². The van der Waals surface area contributed by atoms with E-state index in [1.807, 2.05) is 49.1 Å². The summed E-state index contributed by atoms with van der Waals surface area (Å²) in [6, 6.07) is 9.83. The standard InChI is InChI=1S/C15H21N3O3/c1-3-20-12(2)15-16-14(21-17-15)11-18(9-10-19)13-7-5-4-6-8-13/h4-8,12,19H,3,9-11H2,1-2H3. The van der Waals surface area contributed by atoms with Crippen molar-refractivity contribution < 1.29 is 14.4 Å². The summed E-state index contributed by atoms with van der Waals surface area (Å²) in [6.07, 6.45) is -0.185. The zero-order valence-electron chi connectivity index (χ0n) is 12.4. The number of anilines is 1. The third-order valence-corrected chi connectivity index (χ3v) is 3.08. The first kappa shape index (κ1) is 15.5. The molecule has 1 atom stereocenters. The van der Waals surface area contributed by atoms with Gasteiger partial charge in [-0.05, 0) is 26.0 Å². The monoisotopic (exact) mass is 291 g/mol. The lowest BCUT2D eigenvalue weighted by atomic mass is 10.3. The molecule has 0 amide bonds. The Hall–Kier alpha value is -1.92. The minimum absolute atomic E-state index is 0.0608. The first-order valence-electron chi connectivity index (χ1n) is 7.09. The molecule has 1 unspecified atom stereocenters. The number of hydrogen-bond donors (Lipinski definition) is 1. The highest BCUT2D eigenvalue weighted by molar-refractivity contribution is 5.45. The zero-order chi connectivity index (χ0) is 15.1. The van der Waals surface area contributed by atoms with Crippen LogP contribution in [0.4, 0.5) is 5.69 Å². The van der Waals surface area contributed by atoms with Gasteiger partial charge in [0.1, 0.15) is 6.10 Å². The van der Waals surface area contributed by atoms with Gasteiger partial charge < -0.3 is 19.3 Å². The average Bonchev–Trinajstić information content (AvgIpc) is 2.97. The van der Waals surface area contributed by atoms with Crippen LogP contribution in [0.2, 0.25) is 0 Å². The highest BCUT2D eigenvalue weighted by Crippen LogP contribution is 2.17. The van der Waals surface area contributed by atoms with E-state index in [9.17, 15) is 5.11 Å². The summed E-state index contributed by atoms with van der Waals surface area (Å²) < 4.78 is 10.7. The Morgan fingerprint density at radius 1 is 1.33 bits per heavy atom. The second-order valence-electron chi connectivity index (χ2n) is 4.62. The van der Waals surface area contributed by atoms with Crippen LogP contribution in [0.1, 0.15) is 31.7 Å². The van der Waals surface area contributed by atoms with Gasteiger partial charge in [-0.3, -0.25) is 0 Å². The fraction of sp³-hybridized carbons (Fsp3) is 0.467. The molecule has 0 saturated heterocycles. The molecule has 2 rings (SSSR count). The summed E-state index contributed by atoms with van der Waals surface area (Å²) in [4.78, 5) is 6.34. The maximum absolute atomic E-state index is 9.21. The molecular formula is C15H21N3O3. The Balaban J connectivity index is 2.07. The minimum atomic E-state index is -0.185. The largest absolute Gasteiger partial charge is 0.395 e. The van der Waals surface area contributed by atoms with E-state index >= 15 is 0 Å². The van der Waals surface area contributed by atoms with Crippen molar-refractivity contribution >= 4 is 5.69 Å². The van der Waals surface area contributed by atoms with Gasteiger partial charge in [-0.25, -0.2) is 0 Å². The van der Waals surface area contributed by atoms with Gasteiger partial charge in [-0.15, -0.1) is 0 Å². The second kappa shape index (κ2) is 7.75. The molecule has 114 valence electrons. The lowest BCUT2D eigenvalue weighted by Crippen LogP contribution is -2.26. The van der Waals surface area contributed by atoms with Gasteiger partial charge in [0.05, 0.1) is 13.2 Å². The van der Waals surface area contributed by atoms with E-state index in [1.165, 1.54) is 0 Å². The molecule has 0 radical (unpaired) electrons. The number of nitrogens with zero attached hydrogens (tertiary/aromatic N) is 3. The number of benzene rings is 1. The predicted octanol–water partition coefficient (Wildman–Crippen LogP) is 2.17. The van der Waals surface area contributed by atoms with Crippen LogP contribution < -0.4 is 4.90 Å². The van der Waals surface area contributed by atoms with Crippen molar-refractivity contribution in [1.82, 2.24) is 10.1 Å². The van der Waals surface area contributed by atoms with Crippen LogP contribution in [0.5, 0.6) is 0 Å². The first-order valence-corrected chi connectivity index (χ1v) is 7.09. The van der Waals surface area contributed by atoms with Gasteiger partial charge >= 0.3 is 0 Å². The molecule has 21 heavy (non-hydrogen) atoms. The second-order valence-corrected chi connectivity index (χ2v) is 4.62. The minimum Gasteiger partial charge on any atom is -0.395 e. The highest BCUT2D eigenvalue weighted by Gasteiger charge is 2.16. The molecule has 0 spiro atoms. The van der Waals surface area contributed by atoms with Crippen LogP contribution in [-0.2, 0) is 11.3 Å². The molecule has 1 N–H and O–H groups in total. The number of rotatable bonds is 8. The number of aliphatic hydroxyl groups is 1. The molecule has 6 nitrogen and oxygen atoms in total. The van der Waals surface area contributed by atoms with Crippen molar-refractivity contribution in [3.63, 3.8) is 0 Å². The molecule has 0 aliphatic heterocycles. The zero-order valence-corrected chi connectivity index (χ0v) is 12.4. The first-order chi connectivity index (χ1) is 10.2. The Morgan fingerprint density at radius 3 is 2.76 bits per heavy atom. The average molecular weight is 291 g/mol. The summed E-state index contributed by atoms with van der Waals surface area (Å²) in [5, 5.41) is 13.2. The summed E-state index contributed by atoms with van der Waals surface area (Å²) >= 11 is 0. The Bertz CT molecular complexity index is 530. The Labute approximate surface area is 124 Å². The van der Waals surface area contributed by atoms with Crippen molar-refractivity contribution in [3.05, 3.63) is 42.0 Å². The van der Waals surface area contributed by atoms with E-state index < -0.39 is 0 Å². The van der Waals surface area contributed by atoms with Gasteiger partial charge in [-0.2, -0.15) is 4.98 Å². The fourth-order valence-corrected chi connectivity index (χ4v) is 2.04. The Kier molecular flexibility index (Phi) is 5.71. The molecule has 6 heteroatoms. The van der Waals surface area contributed by atoms with Crippen LogP contribution in [0.25, 0.3) is 0 Å². The van der Waals surface area contributed by atoms with Crippen molar-refractivity contribution in [3.8, 4) is 0 Å². The number of aliphatic hydroxyl groups excluding tert-OH is 1. The fourth-order valence-electron chi connectivity index (χ4n) is 2.04. The molecule has 0 bridgehead atoms. The quantitative estimate of drug-likeness (QED) is 0.803. The molecule has 1 aromatic heterocycles. The summed E-state index contributed by atoms with van der Waals surface area (Å²) in [6.45, 7) is 5.44. The highest BCUT2D eigenvalue weighted by atomic mass is 16.5. The number of hydrogen-bond acceptors (Lipinski definition) is 6. The third-order valence-electron chi connectivity index (χ3n) is 3.08. The third kappa shape index (κ3) is 4.27. The van der Waals surface area contributed by atoms with Crippen LogP contribution in [0.15, 0.2) is 34.9 Å². The van der Waals surface area contributed by atoms with Crippen molar-refractivity contribution in [1.29, 1.82) is 0 Å². The molecule has 1 heterocycles. The summed E-state index contributed by atoms with van der Waals surface area (Å²) in [5.41, 5.74) is 1.00. The van der Waals surface area contributed by atoms with Gasteiger partial charge in [-0.1, -0.05) is 23.4 Å². The summed E-state index contributed by atoms with van der Waals surface area (Å²) in [5.74, 6) is 1.05. The van der Waals surface area contributed by atoms with E-state index in [4.69, 9.17) is 9.26 Å². The molecule has 0 aliphatic carbocycles. The van der Waals surface area contributed by atoms with E-state index in [0.29, 0.717) is 31.4 Å². The summed E-state index contributed by atoms with van der Waals surface area (Å²) in [7, 11) is 0. The molecule has 0 aliphatic rings. The molecule has 1 aromatic carbocycles. The number of ether oxygens (including phenoxy) is 1. The molecule has 2 aromatic rings. The van der Waals surface area contributed by atoms with Crippen molar-refractivity contribution in [2.75, 3.05) is 24.7 Å². The molecule has 0 fully saturated rings. The van der Waals surface area contributed by atoms with E-state index in [2.05, 4.69) is 10.1 Å². The lowest BCUT2D eigenvalue weighted by molar-refractivity contribution is 0.0683. The van der Waals surface area contributed by atoms with Gasteiger partial charge in [0.25, 0.3) is 0 Å². The van der Waals surface area contributed by atoms with Crippen molar-refractivity contribution in [2.45, 2.75) is 26.5 Å². The Morgan fingerprint density at radius 2 is 2.10 bits per heavy atom. The van der Waals surface area contributed by atoms with E-state index in [0.717, 1.165) is 5.69 Å². The van der Waals surface area contributed by atoms with Gasteiger partial charge in [0, 0.05) is 18.8 Å². The van der Waals surface area contributed by atoms with Gasteiger partial charge in [0.2, 0.25) is 5.89 Å². The lowest BCUT2D eigenvalue weighted by Gasteiger charge is -2.21. The maximum atomic E-state index is 9.21. The number of aromatic nitrogens is 2. The maximum Gasteiger partial charge on any atom is 0.246 e. The van der Waals surface area contributed by atoms with Crippen molar-refractivity contribution in [2.24, 2.45) is 0 Å². The SMILES string of the molecule is CCOC(C)c1noc(CN(CCO)c2ccccc2)n1. The predicted molar refractivity (Wildman–Crippen MR) is 78.9 cm³/mol. The topological polar surface area (TPSA) is 71.6 Å². The normalized spacial score (nSPS) is 12.3. The molecular weight excluding hydrogens is 270 g/mol. The van der Waals surface area contributed by atoms with Crippen LogP contribution >= 0.6 is 0 Å². The van der Waals surface area contributed by atoms with Crippen LogP contribution in [0.3, 0.4) is 0 Å². The van der Waals surface area contributed by atoms with E-state index in [-0.39, 0.29) is 12.7 Å². The smallest absolute Gasteiger partial charge is 0.246 e. The molecule has 0 saturated carbocycles. The number of para-hydroxylation sites is 1.